The zero-order valence-electron chi connectivity index (χ0n) is 11.5. The van der Waals surface area contributed by atoms with Crippen LogP contribution < -0.4 is 9.44 Å². The largest absolute Gasteiger partial charge is 0.282 e. The molecule has 21 heavy (non-hydrogen) atoms. The molecule has 0 saturated heterocycles. The molecule has 3 rings (SSSR count). The average Bonchev–Trinajstić information content (AvgIpc) is 2.93. The molecule has 1 aliphatic carbocycles. The van der Waals surface area contributed by atoms with Crippen LogP contribution in [0.4, 0.5) is 0 Å². The van der Waals surface area contributed by atoms with Gasteiger partial charge in [0.05, 0.1) is 6.20 Å². The molecular weight excluding hydrogens is 288 g/mol. The molecule has 0 bridgehead atoms. The maximum Gasteiger partial charge on any atom is 0.277 e. The lowest BCUT2D eigenvalue weighted by Gasteiger charge is -2.22. The summed E-state index contributed by atoms with van der Waals surface area (Å²) in [7, 11) is -3.50. The van der Waals surface area contributed by atoms with Crippen molar-refractivity contribution < 1.29 is 8.42 Å². The van der Waals surface area contributed by atoms with Crippen LogP contribution in [0.3, 0.4) is 0 Å². The number of rotatable bonds is 5. The van der Waals surface area contributed by atoms with Gasteiger partial charge in [-0.05, 0) is 30.4 Å². The summed E-state index contributed by atoms with van der Waals surface area (Å²) < 4.78 is 29.4. The van der Waals surface area contributed by atoms with Crippen molar-refractivity contribution in [2.24, 2.45) is 0 Å². The van der Waals surface area contributed by atoms with Crippen molar-refractivity contribution in [3.63, 3.8) is 0 Å². The minimum absolute atomic E-state index is 0.0802. The van der Waals surface area contributed by atoms with Crippen LogP contribution in [0.2, 0.25) is 0 Å². The molecule has 0 fully saturated rings. The number of aromatic amines is 1. The van der Waals surface area contributed by atoms with Crippen LogP contribution in [0.15, 0.2) is 36.5 Å². The van der Waals surface area contributed by atoms with Crippen LogP contribution in [0.1, 0.15) is 23.2 Å². The SMILES string of the molecule is O=S(=O)(NCc1ccccc1)N[C@H]1CCc2[nH]ncc2C1. The van der Waals surface area contributed by atoms with Crippen molar-refractivity contribution in [1.82, 2.24) is 19.6 Å². The van der Waals surface area contributed by atoms with E-state index in [0.717, 1.165) is 29.7 Å². The van der Waals surface area contributed by atoms with Gasteiger partial charge in [0, 0.05) is 18.3 Å². The molecule has 1 atom stereocenters. The third-order valence-electron chi connectivity index (χ3n) is 3.65. The Morgan fingerprint density at radius 3 is 2.90 bits per heavy atom. The summed E-state index contributed by atoms with van der Waals surface area (Å²) in [6.45, 7) is 0.292. The quantitative estimate of drug-likeness (QED) is 0.767. The monoisotopic (exact) mass is 306 g/mol. The van der Waals surface area contributed by atoms with Crippen molar-refractivity contribution >= 4 is 10.2 Å². The van der Waals surface area contributed by atoms with E-state index < -0.39 is 10.2 Å². The predicted octanol–water partition coefficient (Wildman–Crippen LogP) is 0.891. The highest BCUT2D eigenvalue weighted by Gasteiger charge is 2.23. The molecule has 0 amide bonds. The Kier molecular flexibility index (Phi) is 4.05. The molecule has 0 saturated carbocycles. The molecule has 1 heterocycles. The smallest absolute Gasteiger partial charge is 0.277 e. The third kappa shape index (κ3) is 3.69. The van der Waals surface area contributed by atoms with Gasteiger partial charge in [0.15, 0.2) is 0 Å². The maximum absolute atomic E-state index is 12.1. The van der Waals surface area contributed by atoms with Gasteiger partial charge in [0.25, 0.3) is 10.2 Å². The minimum Gasteiger partial charge on any atom is -0.282 e. The zero-order chi connectivity index (χ0) is 14.7. The number of aromatic nitrogens is 2. The Labute approximate surface area is 124 Å². The van der Waals surface area contributed by atoms with Gasteiger partial charge in [-0.3, -0.25) is 5.10 Å². The standard InChI is InChI=1S/C14H18N4O2S/c19-21(20,16-9-11-4-2-1-3-5-11)18-13-6-7-14-12(8-13)10-15-17-14/h1-5,10,13,16,18H,6-9H2,(H,15,17)/t13-/m0/s1. The number of hydrogen-bond acceptors (Lipinski definition) is 3. The van der Waals surface area contributed by atoms with E-state index in [9.17, 15) is 8.42 Å². The van der Waals surface area contributed by atoms with Crippen molar-refractivity contribution in [1.29, 1.82) is 0 Å². The number of H-pyrrole nitrogens is 1. The number of hydrogen-bond donors (Lipinski definition) is 3. The second-order valence-electron chi connectivity index (χ2n) is 5.24. The minimum atomic E-state index is -3.50. The highest BCUT2D eigenvalue weighted by molar-refractivity contribution is 7.87. The number of nitrogens with zero attached hydrogens (tertiary/aromatic N) is 1. The van der Waals surface area contributed by atoms with Crippen LogP contribution in [0.5, 0.6) is 0 Å². The lowest BCUT2D eigenvalue weighted by Crippen LogP contribution is -2.44. The first kappa shape index (κ1) is 14.2. The summed E-state index contributed by atoms with van der Waals surface area (Å²) in [5, 5.41) is 6.94. The van der Waals surface area contributed by atoms with Gasteiger partial charge in [-0.2, -0.15) is 23.0 Å². The second kappa shape index (κ2) is 5.97. The first-order chi connectivity index (χ1) is 10.1. The molecule has 3 N–H and O–H groups in total. The van der Waals surface area contributed by atoms with E-state index in [0.29, 0.717) is 13.0 Å². The zero-order valence-corrected chi connectivity index (χ0v) is 12.4. The van der Waals surface area contributed by atoms with Gasteiger partial charge in [-0.15, -0.1) is 0 Å². The highest BCUT2D eigenvalue weighted by atomic mass is 32.2. The lowest BCUT2D eigenvalue weighted by molar-refractivity contribution is 0.498. The van der Waals surface area contributed by atoms with Crippen LogP contribution in [-0.2, 0) is 29.6 Å². The predicted molar refractivity (Wildman–Crippen MR) is 79.7 cm³/mol. The highest BCUT2D eigenvalue weighted by Crippen LogP contribution is 2.19. The van der Waals surface area contributed by atoms with E-state index in [4.69, 9.17) is 0 Å². The molecule has 0 aliphatic heterocycles. The summed E-state index contributed by atoms with van der Waals surface area (Å²) in [6, 6.07) is 9.38. The number of nitrogens with one attached hydrogen (secondary N) is 3. The van der Waals surface area contributed by atoms with E-state index in [1.165, 1.54) is 0 Å². The normalized spacial score (nSPS) is 18.4. The topological polar surface area (TPSA) is 86.9 Å². The lowest BCUT2D eigenvalue weighted by atomic mass is 9.94. The Morgan fingerprint density at radius 1 is 1.29 bits per heavy atom. The van der Waals surface area contributed by atoms with Crippen molar-refractivity contribution in [3.05, 3.63) is 53.3 Å². The van der Waals surface area contributed by atoms with Crippen molar-refractivity contribution in [2.75, 3.05) is 0 Å². The third-order valence-corrected chi connectivity index (χ3v) is 4.82. The van der Waals surface area contributed by atoms with Gasteiger partial charge < -0.3 is 0 Å². The van der Waals surface area contributed by atoms with Crippen molar-refractivity contribution in [3.8, 4) is 0 Å². The molecule has 1 aromatic carbocycles. The fraction of sp³-hybridized carbons (Fsp3) is 0.357. The van der Waals surface area contributed by atoms with Crippen LogP contribution in [-0.4, -0.2) is 24.7 Å². The number of benzene rings is 1. The molecule has 112 valence electrons. The second-order valence-corrected chi connectivity index (χ2v) is 6.77. The summed E-state index contributed by atoms with van der Waals surface area (Å²) >= 11 is 0. The Balaban J connectivity index is 1.57. The summed E-state index contributed by atoms with van der Waals surface area (Å²) in [5.41, 5.74) is 3.14. The number of aryl methyl sites for hydroxylation is 1. The molecule has 1 aromatic heterocycles. The molecule has 0 spiro atoms. The van der Waals surface area contributed by atoms with Crippen LogP contribution in [0, 0.1) is 0 Å². The van der Waals surface area contributed by atoms with E-state index in [1.54, 1.807) is 6.20 Å². The van der Waals surface area contributed by atoms with E-state index in [2.05, 4.69) is 19.6 Å². The van der Waals surface area contributed by atoms with E-state index in [-0.39, 0.29) is 6.04 Å². The molecule has 6 nitrogen and oxygen atoms in total. The summed E-state index contributed by atoms with van der Waals surface area (Å²) in [6.07, 6.45) is 4.05. The summed E-state index contributed by atoms with van der Waals surface area (Å²) in [5.74, 6) is 0. The first-order valence-corrected chi connectivity index (χ1v) is 8.43. The molecule has 1 aliphatic rings. The van der Waals surface area contributed by atoms with Gasteiger partial charge in [-0.25, -0.2) is 0 Å². The first-order valence-electron chi connectivity index (χ1n) is 6.94. The van der Waals surface area contributed by atoms with Crippen LogP contribution in [0.25, 0.3) is 0 Å². The maximum atomic E-state index is 12.1. The average molecular weight is 306 g/mol. The number of fused-ring (bicyclic) bond motifs is 1. The van der Waals surface area contributed by atoms with Gasteiger partial charge in [0.1, 0.15) is 0 Å². The van der Waals surface area contributed by atoms with Gasteiger partial charge in [0.2, 0.25) is 0 Å². The van der Waals surface area contributed by atoms with Gasteiger partial charge >= 0.3 is 0 Å². The molecule has 0 radical (unpaired) electrons. The fourth-order valence-electron chi connectivity index (χ4n) is 2.55. The molecular formula is C14H18N4O2S. The summed E-state index contributed by atoms with van der Waals surface area (Å²) in [4.78, 5) is 0. The van der Waals surface area contributed by atoms with E-state index >= 15 is 0 Å². The van der Waals surface area contributed by atoms with E-state index in [1.807, 2.05) is 30.3 Å². The van der Waals surface area contributed by atoms with Crippen molar-refractivity contribution in [2.45, 2.75) is 31.8 Å². The Bertz CT molecular complexity index is 697. The molecule has 7 heteroatoms. The molecule has 2 aromatic rings. The fourth-order valence-corrected chi connectivity index (χ4v) is 3.63. The Hall–Kier alpha value is -1.70. The molecule has 0 unspecified atom stereocenters. The van der Waals surface area contributed by atoms with Gasteiger partial charge in [-0.1, -0.05) is 30.3 Å². The van der Waals surface area contributed by atoms with Crippen LogP contribution >= 0.6 is 0 Å². The Morgan fingerprint density at radius 2 is 2.10 bits per heavy atom.